The van der Waals surface area contributed by atoms with E-state index in [0.29, 0.717) is 12.8 Å². The molecule has 0 rings (SSSR count). The highest BCUT2D eigenvalue weighted by molar-refractivity contribution is 7.46. The minimum absolute atomic E-state index is 0.217. The normalized spacial score (nSPS) is 12.4. The van der Waals surface area contributed by atoms with Crippen LogP contribution in [0.2, 0.25) is 0 Å². The van der Waals surface area contributed by atoms with E-state index in [4.69, 9.17) is 19.3 Å². The Hall–Kier alpha value is -0.950. The predicted octanol–water partition coefficient (Wildman–Crippen LogP) is 10.1. The van der Waals surface area contributed by atoms with Gasteiger partial charge < -0.3 is 19.3 Å². The summed E-state index contributed by atoms with van der Waals surface area (Å²) < 4.78 is 25.7. The van der Waals surface area contributed by atoms with E-state index in [1.165, 1.54) is 135 Å². The fourth-order valence-corrected chi connectivity index (χ4v) is 5.60. The SMILES string of the molecule is CCCCCCCCCCCCCCCCCCCCCCCCCCC(=O)OC(COC(=O)CCC)COP(=O)(O)O. The van der Waals surface area contributed by atoms with Gasteiger partial charge in [-0.05, 0) is 12.8 Å². The number of hydrogen-bond acceptors (Lipinski definition) is 6. The lowest BCUT2D eigenvalue weighted by atomic mass is 10.0. The molecule has 0 aliphatic carbocycles. The maximum Gasteiger partial charge on any atom is 0.469 e. The van der Waals surface area contributed by atoms with Crippen molar-refractivity contribution in [2.24, 2.45) is 0 Å². The van der Waals surface area contributed by atoms with Gasteiger partial charge in [0.25, 0.3) is 0 Å². The molecule has 0 aromatic carbocycles. The van der Waals surface area contributed by atoms with Crippen molar-refractivity contribution in [3.63, 3.8) is 0 Å². The Morgan fingerprint density at radius 1 is 0.512 bits per heavy atom. The fourth-order valence-electron chi connectivity index (χ4n) is 5.24. The summed E-state index contributed by atoms with van der Waals surface area (Å²) in [4.78, 5) is 41.5. The Labute approximate surface area is 264 Å². The summed E-state index contributed by atoms with van der Waals surface area (Å²) >= 11 is 0. The van der Waals surface area contributed by atoms with E-state index in [9.17, 15) is 14.2 Å². The number of carbonyl (C=O) groups excluding carboxylic acids is 2. The van der Waals surface area contributed by atoms with Gasteiger partial charge in [-0.2, -0.15) is 0 Å². The summed E-state index contributed by atoms with van der Waals surface area (Å²) in [7, 11) is -4.72. The van der Waals surface area contributed by atoms with Gasteiger partial charge in [0.1, 0.15) is 6.61 Å². The van der Waals surface area contributed by atoms with Crippen LogP contribution in [0.4, 0.5) is 0 Å². The van der Waals surface area contributed by atoms with Crippen LogP contribution in [0.1, 0.15) is 187 Å². The first-order chi connectivity index (χ1) is 20.8. The van der Waals surface area contributed by atoms with Crippen LogP contribution < -0.4 is 0 Å². The number of rotatable bonds is 33. The van der Waals surface area contributed by atoms with Gasteiger partial charge in [0.2, 0.25) is 0 Å². The molecule has 9 heteroatoms. The zero-order valence-corrected chi connectivity index (χ0v) is 28.8. The van der Waals surface area contributed by atoms with Gasteiger partial charge in [-0.15, -0.1) is 0 Å². The van der Waals surface area contributed by atoms with E-state index in [-0.39, 0.29) is 19.4 Å². The first kappa shape index (κ1) is 42.0. The van der Waals surface area contributed by atoms with E-state index < -0.39 is 32.5 Å². The zero-order valence-electron chi connectivity index (χ0n) is 27.9. The molecule has 1 atom stereocenters. The highest BCUT2D eigenvalue weighted by Crippen LogP contribution is 2.36. The minimum Gasteiger partial charge on any atom is -0.462 e. The van der Waals surface area contributed by atoms with Crippen LogP contribution in [0, 0.1) is 0 Å². The van der Waals surface area contributed by atoms with Crippen LogP contribution in [0.25, 0.3) is 0 Å². The first-order valence-corrected chi connectivity index (χ1v) is 19.4. The van der Waals surface area contributed by atoms with E-state index in [2.05, 4.69) is 11.4 Å². The van der Waals surface area contributed by atoms with E-state index >= 15 is 0 Å². The Morgan fingerprint density at radius 2 is 0.884 bits per heavy atom. The summed E-state index contributed by atoms with van der Waals surface area (Å²) in [5.74, 6) is -0.936. The molecule has 0 saturated carbocycles. The number of carbonyl (C=O) groups is 2. The maximum absolute atomic E-state index is 12.2. The second-order valence-electron chi connectivity index (χ2n) is 12.2. The quantitative estimate of drug-likeness (QED) is 0.0416. The van der Waals surface area contributed by atoms with E-state index in [1.807, 2.05) is 6.92 Å². The third kappa shape index (κ3) is 33.8. The molecule has 0 bridgehead atoms. The van der Waals surface area contributed by atoms with Crippen LogP contribution in [-0.4, -0.2) is 41.0 Å². The van der Waals surface area contributed by atoms with Crippen molar-refractivity contribution in [1.82, 2.24) is 0 Å². The molecule has 1 unspecified atom stereocenters. The number of unbranched alkanes of at least 4 members (excludes halogenated alkanes) is 23. The molecule has 256 valence electrons. The number of phosphoric ester groups is 1. The van der Waals surface area contributed by atoms with Gasteiger partial charge in [-0.3, -0.25) is 14.1 Å². The lowest BCUT2D eigenvalue weighted by Gasteiger charge is -2.18. The smallest absolute Gasteiger partial charge is 0.462 e. The molecule has 0 fully saturated rings. The molecular weight excluding hydrogens is 567 g/mol. The van der Waals surface area contributed by atoms with Gasteiger partial charge in [0, 0.05) is 12.8 Å². The molecule has 0 aromatic heterocycles. The standard InChI is InChI=1S/C34H67O8P/c1-3-5-6-7-8-9-10-11-12-13-14-15-16-17-18-19-20-21-22-23-24-25-26-27-29-34(36)42-32(31-41-43(37,38)39)30-40-33(35)28-4-2/h32H,3-31H2,1-2H3,(H2,37,38,39). The van der Waals surface area contributed by atoms with Crippen LogP contribution >= 0.6 is 7.82 Å². The second-order valence-corrected chi connectivity index (χ2v) is 13.5. The van der Waals surface area contributed by atoms with Crippen molar-refractivity contribution in [3.8, 4) is 0 Å². The van der Waals surface area contributed by atoms with E-state index in [1.54, 1.807) is 0 Å². The zero-order chi connectivity index (χ0) is 31.9. The Balaban J connectivity index is 3.53. The highest BCUT2D eigenvalue weighted by atomic mass is 31.2. The molecule has 0 aliphatic heterocycles. The topological polar surface area (TPSA) is 119 Å². The van der Waals surface area contributed by atoms with E-state index in [0.717, 1.165) is 12.8 Å². The Bertz CT molecular complexity index is 681. The summed E-state index contributed by atoms with van der Waals surface area (Å²) in [6, 6.07) is 0. The summed E-state index contributed by atoms with van der Waals surface area (Å²) in [6.45, 7) is 3.29. The van der Waals surface area contributed by atoms with Gasteiger partial charge in [-0.25, -0.2) is 4.57 Å². The maximum atomic E-state index is 12.2. The highest BCUT2D eigenvalue weighted by Gasteiger charge is 2.22. The number of ether oxygens (including phenoxy) is 2. The Morgan fingerprint density at radius 3 is 1.23 bits per heavy atom. The molecule has 0 aromatic rings. The molecule has 0 amide bonds. The van der Waals surface area contributed by atoms with Crippen LogP contribution in [0.15, 0.2) is 0 Å². The molecule has 43 heavy (non-hydrogen) atoms. The van der Waals surface area contributed by atoms with Crippen molar-refractivity contribution in [1.29, 1.82) is 0 Å². The average molecular weight is 635 g/mol. The minimum atomic E-state index is -4.72. The first-order valence-electron chi connectivity index (χ1n) is 17.8. The summed E-state index contributed by atoms with van der Waals surface area (Å²) in [5, 5.41) is 0. The predicted molar refractivity (Wildman–Crippen MR) is 175 cm³/mol. The summed E-state index contributed by atoms with van der Waals surface area (Å²) in [6.07, 6.45) is 31.6. The largest absolute Gasteiger partial charge is 0.469 e. The summed E-state index contributed by atoms with van der Waals surface area (Å²) in [5.41, 5.74) is 0. The van der Waals surface area contributed by atoms with Crippen molar-refractivity contribution >= 4 is 19.8 Å². The van der Waals surface area contributed by atoms with Crippen LogP contribution in [0.5, 0.6) is 0 Å². The van der Waals surface area contributed by atoms with Crippen molar-refractivity contribution in [3.05, 3.63) is 0 Å². The van der Waals surface area contributed by atoms with Crippen molar-refractivity contribution in [2.75, 3.05) is 13.2 Å². The lowest BCUT2D eigenvalue weighted by Crippen LogP contribution is -2.29. The number of phosphoric acid groups is 1. The third-order valence-electron chi connectivity index (χ3n) is 7.85. The van der Waals surface area contributed by atoms with Crippen molar-refractivity contribution < 1.29 is 37.9 Å². The molecule has 0 saturated heterocycles. The number of esters is 2. The van der Waals surface area contributed by atoms with Crippen LogP contribution in [0.3, 0.4) is 0 Å². The Kier molecular flexibility index (Phi) is 30.4. The molecule has 0 spiro atoms. The molecule has 2 N–H and O–H groups in total. The second kappa shape index (κ2) is 31.0. The van der Waals surface area contributed by atoms with Crippen molar-refractivity contribution in [2.45, 2.75) is 193 Å². The fraction of sp³-hybridized carbons (Fsp3) is 0.941. The average Bonchev–Trinajstić information content (AvgIpc) is 2.96. The molecule has 0 heterocycles. The molecule has 8 nitrogen and oxygen atoms in total. The van der Waals surface area contributed by atoms with Gasteiger partial charge >= 0.3 is 19.8 Å². The third-order valence-corrected chi connectivity index (χ3v) is 8.33. The molecule has 0 radical (unpaired) electrons. The monoisotopic (exact) mass is 634 g/mol. The molecule has 0 aliphatic rings. The van der Waals surface area contributed by atoms with Gasteiger partial charge in [-0.1, -0.05) is 162 Å². The lowest BCUT2D eigenvalue weighted by molar-refractivity contribution is -0.161. The van der Waals surface area contributed by atoms with Gasteiger partial charge in [0.05, 0.1) is 6.61 Å². The molecular formula is C34H67O8P. The van der Waals surface area contributed by atoms with Gasteiger partial charge in [0.15, 0.2) is 6.10 Å². The van der Waals surface area contributed by atoms with Crippen LogP contribution in [-0.2, 0) is 28.2 Å². The number of hydrogen-bond donors (Lipinski definition) is 2.